The van der Waals surface area contributed by atoms with E-state index in [0.29, 0.717) is 19.6 Å². The molecule has 23 heavy (non-hydrogen) atoms. The molecule has 1 aliphatic heterocycles. The van der Waals surface area contributed by atoms with Crippen molar-refractivity contribution < 1.29 is 14.3 Å². The molecule has 2 fully saturated rings. The minimum atomic E-state index is -0.386. The molecule has 2 aliphatic rings. The molecule has 1 saturated carbocycles. The Morgan fingerprint density at radius 2 is 2.17 bits per heavy atom. The molecule has 1 N–H and O–H groups in total. The molecule has 1 aromatic heterocycles. The lowest BCUT2D eigenvalue weighted by molar-refractivity contribution is -0.191. The molecule has 1 saturated heterocycles. The minimum Gasteiger partial charge on any atom is -0.353 e. The number of carbonyl (C=O) groups is 1. The standard InChI is InChI=1S/C18H26N2O3/c1-13-5-7-18(8-6-13)22-12-16(23-18)11-20-17(21)9-15-4-3-14(2)19-10-15/h3-4,10,13,16H,5-9,11-12H2,1-2H3,(H,20,21)/t13?,16-,18?/m1/s1. The highest BCUT2D eigenvalue weighted by Crippen LogP contribution is 2.39. The number of hydrogen-bond acceptors (Lipinski definition) is 4. The number of hydrogen-bond donors (Lipinski definition) is 1. The van der Waals surface area contributed by atoms with E-state index in [2.05, 4.69) is 17.2 Å². The number of aryl methyl sites for hydroxylation is 1. The fraction of sp³-hybridized carbons (Fsp3) is 0.667. The van der Waals surface area contributed by atoms with Gasteiger partial charge >= 0.3 is 0 Å². The molecule has 1 amide bonds. The van der Waals surface area contributed by atoms with Crippen molar-refractivity contribution in [3.8, 4) is 0 Å². The first-order valence-electron chi connectivity index (χ1n) is 8.55. The third kappa shape index (κ3) is 4.30. The average Bonchev–Trinajstić information content (AvgIpc) is 2.94. The third-order valence-electron chi connectivity index (χ3n) is 4.81. The fourth-order valence-electron chi connectivity index (χ4n) is 3.26. The number of amides is 1. The zero-order chi connectivity index (χ0) is 16.3. The summed E-state index contributed by atoms with van der Waals surface area (Å²) in [7, 11) is 0. The van der Waals surface area contributed by atoms with Crippen LogP contribution in [0, 0.1) is 12.8 Å². The molecule has 3 rings (SSSR count). The summed E-state index contributed by atoms with van der Waals surface area (Å²) in [6.07, 6.45) is 6.30. The number of aromatic nitrogens is 1. The van der Waals surface area contributed by atoms with Gasteiger partial charge in [-0.25, -0.2) is 0 Å². The molecule has 1 spiro atoms. The van der Waals surface area contributed by atoms with E-state index in [4.69, 9.17) is 9.47 Å². The summed E-state index contributed by atoms with van der Waals surface area (Å²) >= 11 is 0. The molecule has 0 bridgehead atoms. The van der Waals surface area contributed by atoms with Gasteiger partial charge in [0.2, 0.25) is 5.91 Å². The Bertz CT molecular complexity index is 536. The maximum Gasteiger partial charge on any atom is 0.224 e. The molecular formula is C18H26N2O3. The van der Waals surface area contributed by atoms with E-state index in [9.17, 15) is 4.79 Å². The first-order valence-corrected chi connectivity index (χ1v) is 8.55. The van der Waals surface area contributed by atoms with E-state index in [1.807, 2.05) is 19.1 Å². The van der Waals surface area contributed by atoms with Crippen molar-refractivity contribution in [2.75, 3.05) is 13.2 Å². The van der Waals surface area contributed by atoms with Gasteiger partial charge in [0, 0.05) is 31.3 Å². The van der Waals surface area contributed by atoms with Crippen LogP contribution in [0.1, 0.15) is 43.9 Å². The number of rotatable bonds is 4. The van der Waals surface area contributed by atoms with E-state index < -0.39 is 0 Å². The lowest BCUT2D eigenvalue weighted by Gasteiger charge is -2.34. The maximum atomic E-state index is 12.0. The van der Waals surface area contributed by atoms with Crippen LogP contribution in [0.15, 0.2) is 18.3 Å². The van der Waals surface area contributed by atoms with E-state index in [-0.39, 0.29) is 17.8 Å². The zero-order valence-electron chi connectivity index (χ0n) is 14.0. The van der Waals surface area contributed by atoms with Crippen LogP contribution in [0.2, 0.25) is 0 Å². The summed E-state index contributed by atoms with van der Waals surface area (Å²) in [5.74, 6) is 0.371. The molecule has 1 aromatic rings. The molecule has 126 valence electrons. The first kappa shape index (κ1) is 16.4. The van der Waals surface area contributed by atoms with Crippen molar-refractivity contribution in [2.45, 2.75) is 57.8 Å². The molecule has 5 nitrogen and oxygen atoms in total. The van der Waals surface area contributed by atoms with E-state index >= 15 is 0 Å². The van der Waals surface area contributed by atoms with E-state index in [1.54, 1.807) is 6.20 Å². The Balaban J connectivity index is 1.42. The van der Waals surface area contributed by atoms with Crippen LogP contribution in [-0.2, 0) is 20.7 Å². The Kier molecular flexibility index (Phi) is 4.97. The Labute approximate surface area is 137 Å². The molecule has 1 atom stereocenters. The molecule has 0 unspecified atom stereocenters. The van der Waals surface area contributed by atoms with E-state index in [0.717, 1.165) is 42.9 Å². The van der Waals surface area contributed by atoms with Gasteiger partial charge in [-0.3, -0.25) is 9.78 Å². The predicted octanol–water partition coefficient (Wildman–Crippen LogP) is 2.37. The lowest BCUT2D eigenvalue weighted by Crippen LogP contribution is -2.38. The van der Waals surface area contributed by atoms with Gasteiger partial charge in [-0.1, -0.05) is 13.0 Å². The van der Waals surface area contributed by atoms with Crippen LogP contribution in [0.25, 0.3) is 0 Å². The van der Waals surface area contributed by atoms with E-state index in [1.165, 1.54) is 0 Å². The van der Waals surface area contributed by atoms with Crippen molar-refractivity contribution in [1.29, 1.82) is 0 Å². The van der Waals surface area contributed by atoms with Crippen LogP contribution in [0.5, 0.6) is 0 Å². The Morgan fingerprint density at radius 1 is 1.39 bits per heavy atom. The highest BCUT2D eigenvalue weighted by molar-refractivity contribution is 5.78. The monoisotopic (exact) mass is 318 g/mol. The van der Waals surface area contributed by atoms with Crippen LogP contribution in [-0.4, -0.2) is 35.9 Å². The highest BCUT2D eigenvalue weighted by atomic mass is 16.7. The largest absolute Gasteiger partial charge is 0.353 e. The van der Waals surface area contributed by atoms with Gasteiger partial charge in [0.15, 0.2) is 5.79 Å². The quantitative estimate of drug-likeness (QED) is 0.926. The van der Waals surface area contributed by atoms with Crippen LogP contribution >= 0.6 is 0 Å². The van der Waals surface area contributed by atoms with Gasteiger partial charge in [-0.05, 0) is 37.3 Å². The third-order valence-corrected chi connectivity index (χ3v) is 4.81. The smallest absolute Gasteiger partial charge is 0.224 e. The molecule has 0 radical (unpaired) electrons. The second kappa shape index (κ2) is 6.97. The maximum absolute atomic E-state index is 12.0. The SMILES string of the molecule is Cc1ccc(CC(=O)NC[C@@H]2COC3(CCC(C)CC3)O2)cn1. The van der Waals surface area contributed by atoms with Crippen LogP contribution in [0.4, 0.5) is 0 Å². The lowest BCUT2D eigenvalue weighted by atomic mass is 9.86. The normalized spacial score (nSPS) is 30.5. The summed E-state index contributed by atoms with van der Waals surface area (Å²) in [6.45, 7) is 5.29. The molecule has 2 heterocycles. The predicted molar refractivity (Wildman–Crippen MR) is 86.9 cm³/mol. The second-order valence-corrected chi connectivity index (χ2v) is 6.93. The Hall–Kier alpha value is -1.46. The summed E-state index contributed by atoms with van der Waals surface area (Å²) in [5, 5.41) is 2.95. The van der Waals surface area contributed by atoms with Crippen molar-refractivity contribution in [2.24, 2.45) is 5.92 Å². The number of nitrogens with one attached hydrogen (secondary N) is 1. The number of nitrogens with zero attached hydrogens (tertiary/aromatic N) is 1. The molecular weight excluding hydrogens is 292 g/mol. The average molecular weight is 318 g/mol. The first-order chi connectivity index (χ1) is 11.0. The molecule has 1 aliphatic carbocycles. The fourth-order valence-corrected chi connectivity index (χ4v) is 3.26. The van der Waals surface area contributed by atoms with Crippen molar-refractivity contribution >= 4 is 5.91 Å². The van der Waals surface area contributed by atoms with Crippen molar-refractivity contribution in [1.82, 2.24) is 10.3 Å². The van der Waals surface area contributed by atoms with Gasteiger partial charge in [0.25, 0.3) is 0 Å². The van der Waals surface area contributed by atoms with Gasteiger partial charge in [0.1, 0.15) is 6.10 Å². The number of ether oxygens (including phenoxy) is 2. The van der Waals surface area contributed by atoms with Gasteiger partial charge in [0.05, 0.1) is 13.0 Å². The minimum absolute atomic E-state index is 0.00234. The molecule has 0 aromatic carbocycles. The van der Waals surface area contributed by atoms with Crippen LogP contribution in [0.3, 0.4) is 0 Å². The highest BCUT2D eigenvalue weighted by Gasteiger charge is 2.43. The summed E-state index contributed by atoms with van der Waals surface area (Å²) < 4.78 is 12.0. The molecule has 5 heteroatoms. The topological polar surface area (TPSA) is 60.5 Å². The van der Waals surface area contributed by atoms with Crippen molar-refractivity contribution in [3.63, 3.8) is 0 Å². The zero-order valence-corrected chi connectivity index (χ0v) is 14.0. The van der Waals surface area contributed by atoms with Crippen LogP contribution < -0.4 is 5.32 Å². The summed E-state index contributed by atoms with van der Waals surface area (Å²) in [4.78, 5) is 16.2. The Morgan fingerprint density at radius 3 is 2.87 bits per heavy atom. The van der Waals surface area contributed by atoms with Crippen molar-refractivity contribution in [3.05, 3.63) is 29.6 Å². The van der Waals surface area contributed by atoms with Gasteiger partial charge < -0.3 is 14.8 Å². The summed E-state index contributed by atoms with van der Waals surface area (Å²) in [5.41, 5.74) is 1.88. The van der Waals surface area contributed by atoms with Gasteiger partial charge in [-0.15, -0.1) is 0 Å². The van der Waals surface area contributed by atoms with Gasteiger partial charge in [-0.2, -0.15) is 0 Å². The number of pyridine rings is 1. The second-order valence-electron chi connectivity index (χ2n) is 6.93. The summed E-state index contributed by atoms with van der Waals surface area (Å²) in [6, 6.07) is 3.86. The number of carbonyl (C=O) groups excluding carboxylic acids is 1.